The average Bonchev–Trinajstić information content (AvgIpc) is 2.35. The SMILES string of the molecule is O=C(C[C@@H]1CCCCC1=O)c1ccc(Cl)c(Cl)c1. The summed E-state index contributed by atoms with van der Waals surface area (Å²) in [5.74, 6) is 0.0733. The molecule has 1 aliphatic carbocycles. The normalized spacial score (nSPS) is 19.9. The fourth-order valence-electron chi connectivity index (χ4n) is 2.28. The van der Waals surface area contributed by atoms with Crippen molar-refractivity contribution in [3.8, 4) is 0 Å². The van der Waals surface area contributed by atoms with Crippen LogP contribution in [-0.4, -0.2) is 11.6 Å². The van der Waals surface area contributed by atoms with Crippen LogP contribution in [0.2, 0.25) is 10.0 Å². The number of ketones is 2. The Balaban J connectivity index is 2.07. The highest BCUT2D eigenvalue weighted by Crippen LogP contribution is 2.27. The number of halogens is 2. The molecule has 96 valence electrons. The third kappa shape index (κ3) is 3.12. The van der Waals surface area contributed by atoms with Crippen molar-refractivity contribution < 1.29 is 9.59 Å². The molecule has 1 atom stereocenters. The molecule has 1 aliphatic rings. The van der Waals surface area contributed by atoms with Crippen molar-refractivity contribution in [2.24, 2.45) is 5.92 Å². The van der Waals surface area contributed by atoms with E-state index in [0.29, 0.717) is 22.0 Å². The smallest absolute Gasteiger partial charge is 0.163 e. The van der Waals surface area contributed by atoms with Gasteiger partial charge in [-0.25, -0.2) is 0 Å². The van der Waals surface area contributed by atoms with E-state index in [1.165, 1.54) is 0 Å². The summed E-state index contributed by atoms with van der Waals surface area (Å²) in [6.07, 6.45) is 3.71. The van der Waals surface area contributed by atoms with Gasteiger partial charge in [-0.3, -0.25) is 9.59 Å². The molecule has 0 saturated heterocycles. The van der Waals surface area contributed by atoms with Crippen LogP contribution in [0.3, 0.4) is 0 Å². The lowest BCUT2D eigenvalue weighted by Crippen LogP contribution is -2.22. The van der Waals surface area contributed by atoms with E-state index in [9.17, 15) is 9.59 Å². The van der Waals surface area contributed by atoms with Crippen molar-refractivity contribution in [2.45, 2.75) is 32.1 Å². The maximum Gasteiger partial charge on any atom is 0.163 e. The second-order valence-corrected chi connectivity index (χ2v) is 5.48. The summed E-state index contributed by atoms with van der Waals surface area (Å²) in [5.41, 5.74) is 0.530. The molecule has 1 aromatic rings. The molecule has 1 fully saturated rings. The van der Waals surface area contributed by atoms with Gasteiger partial charge in [0.25, 0.3) is 0 Å². The zero-order valence-electron chi connectivity index (χ0n) is 9.92. The molecule has 4 heteroatoms. The maximum absolute atomic E-state index is 12.1. The van der Waals surface area contributed by atoms with Gasteiger partial charge in [-0.2, -0.15) is 0 Å². The van der Waals surface area contributed by atoms with Crippen molar-refractivity contribution in [1.29, 1.82) is 0 Å². The van der Waals surface area contributed by atoms with Crippen molar-refractivity contribution in [2.75, 3.05) is 0 Å². The Morgan fingerprint density at radius 1 is 1.22 bits per heavy atom. The van der Waals surface area contributed by atoms with Crippen LogP contribution in [0, 0.1) is 5.92 Å². The van der Waals surface area contributed by atoms with Crippen LogP contribution in [0.1, 0.15) is 42.5 Å². The summed E-state index contributed by atoms with van der Waals surface area (Å²) in [6, 6.07) is 4.84. The Morgan fingerprint density at radius 3 is 2.67 bits per heavy atom. The number of hydrogen-bond acceptors (Lipinski definition) is 2. The van der Waals surface area contributed by atoms with E-state index in [1.54, 1.807) is 18.2 Å². The highest BCUT2D eigenvalue weighted by atomic mass is 35.5. The topological polar surface area (TPSA) is 34.1 Å². The largest absolute Gasteiger partial charge is 0.299 e. The number of benzene rings is 1. The van der Waals surface area contributed by atoms with Crippen LogP contribution >= 0.6 is 23.2 Å². The molecule has 0 bridgehead atoms. The molecule has 0 aliphatic heterocycles. The van der Waals surface area contributed by atoms with Gasteiger partial charge in [0.15, 0.2) is 5.78 Å². The van der Waals surface area contributed by atoms with E-state index < -0.39 is 0 Å². The van der Waals surface area contributed by atoms with E-state index >= 15 is 0 Å². The van der Waals surface area contributed by atoms with Gasteiger partial charge >= 0.3 is 0 Å². The van der Waals surface area contributed by atoms with Crippen molar-refractivity contribution >= 4 is 34.8 Å². The Bertz CT molecular complexity index is 483. The average molecular weight is 285 g/mol. The molecule has 0 unspecified atom stereocenters. The number of carbonyl (C=O) groups is 2. The first-order valence-corrected chi connectivity index (χ1v) is 6.84. The molecule has 0 spiro atoms. The van der Waals surface area contributed by atoms with Gasteiger partial charge in [0, 0.05) is 24.3 Å². The first kappa shape index (κ1) is 13.6. The summed E-state index contributed by atoms with van der Waals surface area (Å²) in [5, 5.41) is 0.805. The highest BCUT2D eigenvalue weighted by Gasteiger charge is 2.25. The van der Waals surface area contributed by atoms with Crippen LogP contribution in [-0.2, 0) is 4.79 Å². The van der Waals surface area contributed by atoms with Crippen LogP contribution < -0.4 is 0 Å². The lowest BCUT2D eigenvalue weighted by molar-refractivity contribution is -0.124. The van der Waals surface area contributed by atoms with Crippen LogP contribution in [0.5, 0.6) is 0 Å². The lowest BCUT2D eigenvalue weighted by Gasteiger charge is -2.19. The molecule has 2 nitrogen and oxygen atoms in total. The maximum atomic E-state index is 12.1. The third-order valence-corrected chi connectivity index (χ3v) is 4.09. The van der Waals surface area contributed by atoms with Gasteiger partial charge in [0.05, 0.1) is 10.0 Å². The quantitative estimate of drug-likeness (QED) is 0.775. The van der Waals surface area contributed by atoms with Crippen LogP contribution in [0.4, 0.5) is 0 Å². The van der Waals surface area contributed by atoms with E-state index in [4.69, 9.17) is 23.2 Å². The summed E-state index contributed by atoms with van der Waals surface area (Å²) < 4.78 is 0. The first-order valence-electron chi connectivity index (χ1n) is 6.09. The predicted molar refractivity (Wildman–Crippen MR) is 72.4 cm³/mol. The molecular weight excluding hydrogens is 271 g/mol. The number of carbonyl (C=O) groups excluding carboxylic acids is 2. The minimum Gasteiger partial charge on any atom is -0.299 e. The Labute approximate surface area is 116 Å². The van der Waals surface area contributed by atoms with Crippen molar-refractivity contribution in [3.05, 3.63) is 33.8 Å². The number of Topliss-reactive ketones (excluding diaryl/α,β-unsaturated/α-hetero) is 2. The Morgan fingerprint density at radius 2 is 2.00 bits per heavy atom. The summed E-state index contributed by atoms with van der Waals surface area (Å²) in [6.45, 7) is 0. The van der Waals surface area contributed by atoms with Gasteiger partial charge in [-0.05, 0) is 31.0 Å². The third-order valence-electron chi connectivity index (χ3n) is 3.35. The Hall–Kier alpha value is -0.860. The van der Waals surface area contributed by atoms with Gasteiger partial charge in [-0.15, -0.1) is 0 Å². The standard InChI is InChI=1S/C14H14Cl2O2/c15-11-6-5-10(7-12(11)16)14(18)8-9-3-1-2-4-13(9)17/h5-7,9H,1-4,8H2/t9-/m0/s1. The molecule has 0 heterocycles. The monoisotopic (exact) mass is 284 g/mol. The summed E-state index contributed by atoms with van der Waals surface area (Å²) in [7, 11) is 0. The molecule has 1 aromatic carbocycles. The van der Waals surface area contributed by atoms with Gasteiger partial charge < -0.3 is 0 Å². The predicted octanol–water partition coefficient (Wildman–Crippen LogP) is 4.33. The van der Waals surface area contributed by atoms with Crippen LogP contribution in [0.25, 0.3) is 0 Å². The number of rotatable bonds is 3. The molecule has 2 rings (SSSR count). The highest BCUT2D eigenvalue weighted by molar-refractivity contribution is 6.42. The van der Waals surface area contributed by atoms with Crippen LogP contribution in [0.15, 0.2) is 18.2 Å². The molecule has 0 radical (unpaired) electrons. The second kappa shape index (κ2) is 5.85. The zero-order chi connectivity index (χ0) is 13.1. The fourth-order valence-corrected chi connectivity index (χ4v) is 2.58. The van der Waals surface area contributed by atoms with Gasteiger partial charge in [0.2, 0.25) is 0 Å². The van der Waals surface area contributed by atoms with E-state index in [-0.39, 0.29) is 23.9 Å². The second-order valence-electron chi connectivity index (χ2n) is 4.67. The lowest BCUT2D eigenvalue weighted by atomic mass is 9.83. The van der Waals surface area contributed by atoms with E-state index in [0.717, 1.165) is 19.3 Å². The van der Waals surface area contributed by atoms with Gasteiger partial charge in [0.1, 0.15) is 5.78 Å². The molecule has 18 heavy (non-hydrogen) atoms. The Kier molecular flexibility index (Phi) is 4.41. The molecular formula is C14H14Cl2O2. The van der Waals surface area contributed by atoms with Crippen molar-refractivity contribution in [1.82, 2.24) is 0 Å². The minimum absolute atomic E-state index is 0.0335. The summed E-state index contributed by atoms with van der Waals surface area (Å²) >= 11 is 11.7. The molecule has 0 aromatic heterocycles. The number of hydrogen-bond donors (Lipinski definition) is 0. The van der Waals surface area contributed by atoms with E-state index in [1.807, 2.05) is 0 Å². The molecule has 1 saturated carbocycles. The first-order chi connectivity index (χ1) is 8.58. The minimum atomic E-state index is -0.110. The van der Waals surface area contributed by atoms with E-state index in [2.05, 4.69) is 0 Å². The fraction of sp³-hybridized carbons (Fsp3) is 0.429. The molecule has 0 amide bonds. The van der Waals surface area contributed by atoms with Crippen molar-refractivity contribution in [3.63, 3.8) is 0 Å². The van der Waals surface area contributed by atoms with Gasteiger partial charge in [-0.1, -0.05) is 29.6 Å². The summed E-state index contributed by atoms with van der Waals surface area (Å²) in [4.78, 5) is 23.8. The molecule has 0 N–H and O–H groups in total. The zero-order valence-corrected chi connectivity index (χ0v) is 11.4.